The Kier molecular flexibility index (Phi) is 4.94. The molecule has 1 aliphatic rings. The fourth-order valence-electron chi connectivity index (χ4n) is 1.96. The van der Waals surface area contributed by atoms with Crippen molar-refractivity contribution in [3.8, 4) is 0 Å². The first-order valence-electron chi connectivity index (χ1n) is 6.61. The summed E-state index contributed by atoms with van der Waals surface area (Å²) in [6.45, 7) is 5.38. The van der Waals surface area contributed by atoms with Gasteiger partial charge in [-0.1, -0.05) is 0 Å². The molecule has 1 fully saturated rings. The van der Waals surface area contributed by atoms with Crippen molar-refractivity contribution in [1.82, 2.24) is 20.3 Å². The van der Waals surface area contributed by atoms with E-state index in [0.29, 0.717) is 13.1 Å². The van der Waals surface area contributed by atoms with Gasteiger partial charge in [0.2, 0.25) is 0 Å². The molecule has 2 N–H and O–H groups in total. The van der Waals surface area contributed by atoms with Gasteiger partial charge in [0, 0.05) is 19.7 Å². The minimum Gasteiger partial charge on any atom is -0.389 e. The zero-order chi connectivity index (χ0) is 13.9. The Bertz CT molecular complexity index is 410. The van der Waals surface area contributed by atoms with Gasteiger partial charge >= 0.3 is 0 Å². The lowest BCUT2D eigenvalue weighted by atomic mass is 10.1. The summed E-state index contributed by atoms with van der Waals surface area (Å²) in [5.41, 5.74) is 0.105. The van der Waals surface area contributed by atoms with Crippen LogP contribution in [0.2, 0.25) is 0 Å². The predicted molar refractivity (Wildman–Crippen MR) is 74.6 cm³/mol. The Morgan fingerprint density at radius 2 is 2.26 bits per heavy atom. The molecule has 1 aromatic heterocycles. The van der Waals surface area contributed by atoms with Gasteiger partial charge in [-0.15, -0.1) is 5.10 Å². The van der Waals surface area contributed by atoms with E-state index < -0.39 is 5.60 Å². The molecule has 1 saturated heterocycles. The normalized spacial score (nSPS) is 20.7. The average molecular weight is 333 g/mol. The molecule has 2 heterocycles. The summed E-state index contributed by atoms with van der Waals surface area (Å²) in [5, 5.41) is 21.6. The Morgan fingerprint density at radius 1 is 1.47 bits per heavy atom. The lowest BCUT2D eigenvalue weighted by molar-refractivity contribution is -0.0483. The van der Waals surface area contributed by atoms with Crippen LogP contribution < -0.4 is 5.32 Å². The zero-order valence-electron chi connectivity index (χ0n) is 11.4. The quantitative estimate of drug-likeness (QED) is 0.856. The third-order valence-electron chi connectivity index (χ3n) is 2.91. The van der Waals surface area contributed by atoms with Crippen molar-refractivity contribution < 1.29 is 9.84 Å². The number of aliphatic hydroxyl groups is 1. The van der Waals surface area contributed by atoms with Crippen molar-refractivity contribution in [3.63, 3.8) is 0 Å². The highest BCUT2D eigenvalue weighted by atomic mass is 79.9. The second-order valence-corrected chi connectivity index (χ2v) is 6.25. The van der Waals surface area contributed by atoms with Crippen LogP contribution in [-0.2, 0) is 11.3 Å². The number of ether oxygens (including phenoxy) is 1. The molecule has 0 saturated carbocycles. The van der Waals surface area contributed by atoms with Crippen LogP contribution in [0.3, 0.4) is 0 Å². The van der Waals surface area contributed by atoms with Gasteiger partial charge in [-0.3, -0.25) is 0 Å². The number of halogens is 1. The lowest BCUT2D eigenvalue weighted by Gasteiger charge is -2.21. The summed E-state index contributed by atoms with van der Waals surface area (Å²) in [6, 6.07) is 0. The Labute approximate surface area is 121 Å². The molecule has 1 aliphatic heterocycles. The first-order valence-corrected chi connectivity index (χ1v) is 7.41. The monoisotopic (exact) mass is 332 g/mol. The summed E-state index contributed by atoms with van der Waals surface area (Å²) in [6.07, 6.45) is 3.17. The highest BCUT2D eigenvalue weighted by Gasteiger charge is 2.20. The second kappa shape index (κ2) is 6.30. The number of nitrogens with zero attached hydrogens (tertiary/aromatic N) is 3. The van der Waals surface area contributed by atoms with Gasteiger partial charge < -0.3 is 15.2 Å². The van der Waals surface area contributed by atoms with Gasteiger partial charge in [0.25, 0.3) is 0 Å². The molecule has 108 valence electrons. The summed E-state index contributed by atoms with van der Waals surface area (Å²) < 4.78 is 6.37. The third-order valence-corrected chi connectivity index (χ3v) is 3.53. The Morgan fingerprint density at radius 3 is 2.89 bits per heavy atom. The van der Waals surface area contributed by atoms with Crippen molar-refractivity contribution in [2.75, 3.05) is 13.2 Å². The Balaban J connectivity index is 1.92. The van der Waals surface area contributed by atoms with Crippen LogP contribution in [0.15, 0.2) is 4.60 Å². The highest BCUT2D eigenvalue weighted by molar-refractivity contribution is 9.10. The van der Waals surface area contributed by atoms with Gasteiger partial charge in [0.1, 0.15) is 5.69 Å². The van der Waals surface area contributed by atoms with Gasteiger partial charge in [0.05, 0.1) is 5.60 Å². The molecule has 0 amide bonds. The van der Waals surface area contributed by atoms with Crippen LogP contribution in [0.1, 0.15) is 45.0 Å². The minimum atomic E-state index is -0.727. The molecular weight excluding hydrogens is 312 g/mol. The van der Waals surface area contributed by atoms with Crippen molar-refractivity contribution in [2.24, 2.45) is 0 Å². The van der Waals surface area contributed by atoms with Crippen LogP contribution in [0.5, 0.6) is 0 Å². The second-order valence-electron chi connectivity index (χ2n) is 5.50. The molecule has 0 aliphatic carbocycles. The van der Waals surface area contributed by atoms with Crippen LogP contribution in [0.25, 0.3) is 0 Å². The molecule has 1 atom stereocenters. The van der Waals surface area contributed by atoms with E-state index in [1.807, 2.05) is 0 Å². The van der Waals surface area contributed by atoms with Crippen LogP contribution in [0.4, 0.5) is 0 Å². The SMILES string of the molecule is CC(C)(O)CNCc1nn(C2CCCCO2)nc1Br. The Hall–Kier alpha value is -0.500. The number of nitrogens with one attached hydrogen (secondary N) is 1. The maximum atomic E-state index is 9.64. The zero-order valence-corrected chi connectivity index (χ0v) is 13.0. The number of hydrogen-bond donors (Lipinski definition) is 2. The topological polar surface area (TPSA) is 72.2 Å². The first-order chi connectivity index (χ1) is 8.96. The van der Waals surface area contributed by atoms with Crippen molar-refractivity contribution >= 4 is 15.9 Å². The summed E-state index contributed by atoms with van der Waals surface area (Å²) in [4.78, 5) is 1.64. The van der Waals surface area contributed by atoms with E-state index in [2.05, 4.69) is 31.4 Å². The fourth-order valence-corrected chi connectivity index (χ4v) is 2.35. The highest BCUT2D eigenvalue weighted by Crippen LogP contribution is 2.22. The van der Waals surface area contributed by atoms with E-state index in [1.54, 1.807) is 18.6 Å². The molecule has 19 heavy (non-hydrogen) atoms. The van der Waals surface area contributed by atoms with E-state index >= 15 is 0 Å². The van der Waals surface area contributed by atoms with E-state index in [0.717, 1.165) is 36.2 Å². The molecule has 0 spiro atoms. The predicted octanol–water partition coefficient (Wildman–Crippen LogP) is 1.60. The van der Waals surface area contributed by atoms with Gasteiger partial charge in [-0.2, -0.15) is 9.90 Å². The van der Waals surface area contributed by atoms with E-state index in [4.69, 9.17) is 4.74 Å². The third kappa shape index (κ3) is 4.52. The molecule has 1 aromatic rings. The average Bonchev–Trinajstić information content (AvgIpc) is 2.71. The summed E-state index contributed by atoms with van der Waals surface area (Å²) in [5.74, 6) is 0. The maximum Gasteiger partial charge on any atom is 0.169 e. The first kappa shape index (κ1) is 14.9. The smallest absolute Gasteiger partial charge is 0.169 e. The fraction of sp³-hybridized carbons (Fsp3) is 0.833. The lowest BCUT2D eigenvalue weighted by Crippen LogP contribution is -2.34. The minimum absolute atomic E-state index is 0.0481. The summed E-state index contributed by atoms with van der Waals surface area (Å²) in [7, 11) is 0. The van der Waals surface area contributed by atoms with Gasteiger partial charge in [0.15, 0.2) is 10.8 Å². The van der Waals surface area contributed by atoms with Crippen LogP contribution in [0, 0.1) is 0 Å². The van der Waals surface area contributed by atoms with E-state index in [1.165, 1.54) is 0 Å². The summed E-state index contributed by atoms with van der Waals surface area (Å²) >= 11 is 3.41. The van der Waals surface area contributed by atoms with Crippen molar-refractivity contribution in [1.29, 1.82) is 0 Å². The molecule has 0 radical (unpaired) electrons. The molecule has 2 rings (SSSR count). The molecular formula is C12H21BrN4O2. The van der Waals surface area contributed by atoms with E-state index in [9.17, 15) is 5.11 Å². The molecule has 1 unspecified atom stereocenters. The largest absolute Gasteiger partial charge is 0.389 e. The number of aromatic nitrogens is 3. The molecule has 6 nitrogen and oxygen atoms in total. The van der Waals surface area contributed by atoms with Gasteiger partial charge in [-0.25, -0.2) is 0 Å². The number of rotatable bonds is 5. The molecule has 0 bridgehead atoms. The van der Waals surface area contributed by atoms with Crippen LogP contribution in [-0.4, -0.2) is 38.9 Å². The number of hydrogen-bond acceptors (Lipinski definition) is 5. The standard InChI is InChI=1S/C12H21BrN4O2/c1-12(2,18)8-14-7-9-11(13)16-17(15-9)10-5-3-4-6-19-10/h10,14,18H,3-8H2,1-2H3. The van der Waals surface area contributed by atoms with E-state index in [-0.39, 0.29) is 6.23 Å². The van der Waals surface area contributed by atoms with Crippen LogP contribution >= 0.6 is 15.9 Å². The van der Waals surface area contributed by atoms with Crippen molar-refractivity contribution in [3.05, 3.63) is 10.3 Å². The molecule has 7 heteroatoms. The van der Waals surface area contributed by atoms with Gasteiger partial charge in [-0.05, 0) is 49.0 Å². The maximum absolute atomic E-state index is 9.64. The molecule has 0 aromatic carbocycles. The van der Waals surface area contributed by atoms with Crippen molar-refractivity contribution in [2.45, 2.75) is 51.5 Å².